The number of carboxylic acids is 1. The maximum atomic E-state index is 11.0. The number of benzene rings is 1. The third-order valence-electron chi connectivity index (χ3n) is 3.57. The molecule has 0 saturated heterocycles. The lowest BCUT2D eigenvalue weighted by Gasteiger charge is -2.18. The number of fused-ring (bicyclic) bond motifs is 1. The molecule has 2 unspecified atom stereocenters. The molecule has 1 N–H and O–H groups in total. The number of hydrogen-bond acceptors (Lipinski definition) is 3. The number of carbonyl (C=O) groups is 1. The van der Waals surface area contributed by atoms with Crippen LogP contribution >= 0.6 is 0 Å². The lowest BCUT2D eigenvalue weighted by Crippen LogP contribution is -2.15. The van der Waals surface area contributed by atoms with Crippen molar-refractivity contribution in [1.29, 1.82) is 0 Å². The number of nitrogens with zero attached hydrogens (tertiary/aromatic N) is 3. The van der Waals surface area contributed by atoms with E-state index in [4.69, 9.17) is 5.11 Å². The van der Waals surface area contributed by atoms with Crippen LogP contribution in [0.25, 0.3) is 11.0 Å². The molecule has 0 bridgehead atoms. The second kappa shape index (κ2) is 4.76. The third-order valence-corrected chi connectivity index (χ3v) is 3.57. The lowest BCUT2D eigenvalue weighted by molar-refractivity contribution is 0.0697. The second-order valence-electron chi connectivity index (χ2n) is 4.67. The standard InChI is InChI=1S/C13H17N3O2/c1-4-8(2)9(3)16-12-7-10(13(17)18)5-6-11(12)14-15-16/h5-9H,4H2,1-3H3,(H,17,18). The summed E-state index contributed by atoms with van der Waals surface area (Å²) in [5.41, 5.74) is 1.78. The molecule has 0 spiro atoms. The molecule has 1 aromatic heterocycles. The maximum absolute atomic E-state index is 11.0. The molecule has 5 heteroatoms. The molecule has 5 nitrogen and oxygen atoms in total. The van der Waals surface area contributed by atoms with Crippen LogP contribution in [-0.2, 0) is 0 Å². The Morgan fingerprint density at radius 1 is 1.44 bits per heavy atom. The number of carboxylic acid groups (broad SMARTS) is 1. The average Bonchev–Trinajstić information content (AvgIpc) is 2.79. The van der Waals surface area contributed by atoms with E-state index in [9.17, 15) is 4.79 Å². The highest BCUT2D eigenvalue weighted by Gasteiger charge is 2.17. The summed E-state index contributed by atoms with van der Waals surface area (Å²) in [6.07, 6.45) is 1.04. The van der Waals surface area contributed by atoms with Crippen LogP contribution in [0.4, 0.5) is 0 Å². The Labute approximate surface area is 105 Å². The summed E-state index contributed by atoms with van der Waals surface area (Å²) >= 11 is 0. The number of rotatable bonds is 4. The van der Waals surface area contributed by atoms with Crippen LogP contribution in [0.5, 0.6) is 0 Å². The maximum Gasteiger partial charge on any atom is 0.335 e. The molecule has 0 aliphatic carbocycles. The summed E-state index contributed by atoms with van der Waals surface area (Å²) in [7, 11) is 0. The van der Waals surface area contributed by atoms with Crippen molar-refractivity contribution in [1.82, 2.24) is 15.0 Å². The zero-order valence-corrected chi connectivity index (χ0v) is 10.8. The smallest absolute Gasteiger partial charge is 0.335 e. The number of hydrogen-bond donors (Lipinski definition) is 1. The van der Waals surface area contributed by atoms with Crippen molar-refractivity contribution in [2.45, 2.75) is 33.2 Å². The van der Waals surface area contributed by atoms with Gasteiger partial charge in [-0.05, 0) is 31.0 Å². The van der Waals surface area contributed by atoms with Gasteiger partial charge in [-0.15, -0.1) is 5.10 Å². The molecule has 96 valence electrons. The molecule has 2 atom stereocenters. The van der Waals surface area contributed by atoms with Gasteiger partial charge in [-0.25, -0.2) is 9.48 Å². The van der Waals surface area contributed by atoms with E-state index in [-0.39, 0.29) is 11.6 Å². The Bertz CT molecular complexity index is 577. The molecule has 0 radical (unpaired) electrons. The molecule has 18 heavy (non-hydrogen) atoms. The quantitative estimate of drug-likeness (QED) is 0.902. The van der Waals surface area contributed by atoms with E-state index in [1.165, 1.54) is 0 Å². The first-order valence-corrected chi connectivity index (χ1v) is 6.12. The van der Waals surface area contributed by atoms with Gasteiger partial charge >= 0.3 is 5.97 Å². The first kappa shape index (κ1) is 12.5. The molecule has 2 rings (SSSR count). The molecule has 2 aromatic rings. The molecule has 0 aliphatic heterocycles. The van der Waals surface area contributed by atoms with Crippen LogP contribution in [-0.4, -0.2) is 26.1 Å². The Morgan fingerprint density at radius 3 is 2.78 bits per heavy atom. The summed E-state index contributed by atoms with van der Waals surface area (Å²) in [5.74, 6) is -0.468. The van der Waals surface area contributed by atoms with Gasteiger partial charge in [-0.1, -0.05) is 25.5 Å². The molecular weight excluding hydrogens is 230 g/mol. The largest absolute Gasteiger partial charge is 0.478 e. The van der Waals surface area contributed by atoms with Crippen molar-refractivity contribution in [3.63, 3.8) is 0 Å². The Hall–Kier alpha value is -1.91. The van der Waals surface area contributed by atoms with Crippen molar-refractivity contribution in [3.05, 3.63) is 23.8 Å². The monoisotopic (exact) mass is 247 g/mol. The normalized spacial score (nSPS) is 14.6. The SMILES string of the molecule is CCC(C)C(C)n1nnc2ccc(C(=O)O)cc21. The first-order valence-electron chi connectivity index (χ1n) is 6.12. The van der Waals surface area contributed by atoms with Gasteiger partial charge in [-0.3, -0.25) is 0 Å². The lowest BCUT2D eigenvalue weighted by atomic mass is 10.0. The van der Waals surface area contributed by atoms with Gasteiger partial charge in [0.15, 0.2) is 0 Å². The molecule has 0 saturated carbocycles. The molecule has 1 heterocycles. The van der Waals surface area contributed by atoms with Gasteiger partial charge in [0, 0.05) is 0 Å². The van der Waals surface area contributed by atoms with Gasteiger partial charge in [-0.2, -0.15) is 0 Å². The van der Waals surface area contributed by atoms with Crippen molar-refractivity contribution >= 4 is 17.0 Å². The predicted molar refractivity (Wildman–Crippen MR) is 68.7 cm³/mol. The Kier molecular flexibility index (Phi) is 3.32. The van der Waals surface area contributed by atoms with Gasteiger partial charge in [0.2, 0.25) is 0 Å². The topological polar surface area (TPSA) is 68.0 Å². The molecular formula is C13H17N3O2. The predicted octanol–water partition coefficient (Wildman–Crippen LogP) is 2.74. The zero-order valence-electron chi connectivity index (χ0n) is 10.8. The first-order chi connectivity index (χ1) is 8.54. The van der Waals surface area contributed by atoms with Crippen LogP contribution in [0.3, 0.4) is 0 Å². The Morgan fingerprint density at radius 2 is 2.17 bits per heavy atom. The van der Waals surface area contributed by atoms with E-state index in [0.717, 1.165) is 17.5 Å². The number of aromatic nitrogens is 3. The fourth-order valence-electron chi connectivity index (χ4n) is 1.95. The van der Waals surface area contributed by atoms with Gasteiger partial charge < -0.3 is 5.11 Å². The highest BCUT2D eigenvalue weighted by Crippen LogP contribution is 2.24. The molecule has 0 aliphatic rings. The van der Waals surface area contributed by atoms with E-state index < -0.39 is 5.97 Å². The fourth-order valence-corrected chi connectivity index (χ4v) is 1.95. The average molecular weight is 247 g/mol. The van der Waals surface area contributed by atoms with Crippen LogP contribution in [0, 0.1) is 5.92 Å². The zero-order chi connectivity index (χ0) is 13.3. The van der Waals surface area contributed by atoms with E-state index in [1.54, 1.807) is 18.2 Å². The van der Waals surface area contributed by atoms with Crippen LogP contribution in [0.2, 0.25) is 0 Å². The third kappa shape index (κ3) is 2.08. The molecule has 1 aromatic carbocycles. The number of aromatic carboxylic acids is 1. The summed E-state index contributed by atoms with van der Waals surface area (Å²) < 4.78 is 1.82. The van der Waals surface area contributed by atoms with Crippen molar-refractivity contribution in [2.75, 3.05) is 0 Å². The summed E-state index contributed by atoms with van der Waals surface area (Å²) in [6, 6.07) is 5.09. The minimum absolute atomic E-state index is 0.198. The second-order valence-corrected chi connectivity index (χ2v) is 4.67. The molecule has 0 amide bonds. The highest BCUT2D eigenvalue weighted by atomic mass is 16.4. The van der Waals surface area contributed by atoms with E-state index in [0.29, 0.717) is 5.92 Å². The van der Waals surface area contributed by atoms with Gasteiger partial charge in [0.1, 0.15) is 5.52 Å². The van der Waals surface area contributed by atoms with Crippen LogP contribution in [0.1, 0.15) is 43.6 Å². The van der Waals surface area contributed by atoms with Crippen molar-refractivity contribution < 1.29 is 9.90 Å². The van der Waals surface area contributed by atoms with E-state index in [2.05, 4.69) is 31.1 Å². The summed E-state index contributed by atoms with van der Waals surface area (Å²) in [6.45, 7) is 6.36. The van der Waals surface area contributed by atoms with E-state index in [1.807, 2.05) is 4.68 Å². The summed E-state index contributed by atoms with van der Waals surface area (Å²) in [5, 5.41) is 17.2. The summed E-state index contributed by atoms with van der Waals surface area (Å²) in [4.78, 5) is 11.0. The van der Waals surface area contributed by atoms with Gasteiger partial charge in [0.05, 0.1) is 17.1 Å². The minimum atomic E-state index is -0.930. The van der Waals surface area contributed by atoms with Crippen LogP contribution < -0.4 is 0 Å². The van der Waals surface area contributed by atoms with E-state index >= 15 is 0 Å². The van der Waals surface area contributed by atoms with Crippen LogP contribution in [0.15, 0.2) is 18.2 Å². The van der Waals surface area contributed by atoms with Gasteiger partial charge in [0.25, 0.3) is 0 Å². The fraction of sp³-hybridized carbons (Fsp3) is 0.462. The van der Waals surface area contributed by atoms with Crippen molar-refractivity contribution in [3.8, 4) is 0 Å². The highest BCUT2D eigenvalue weighted by molar-refractivity contribution is 5.92. The molecule has 0 fully saturated rings. The van der Waals surface area contributed by atoms with Crippen molar-refractivity contribution in [2.24, 2.45) is 5.92 Å². The minimum Gasteiger partial charge on any atom is -0.478 e. The Balaban J connectivity index is 2.51.